The number of carbonyl (C=O) groups excluding carboxylic acids is 2. The first kappa shape index (κ1) is 16.8. The van der Waals surface area contributed by atoms with Gasteiger partial charge in [0, 0.05) is 22.8 Å². The Balaban J connectivity index is 1.90. The molecule has 3 rings (SSSR count). The summed E-state index contributed by atoms with van der Waals surface area (Å²) in [4.78, 5) is 24.8. The lowest BCUT2D eigenvalue weighted by Crippen LogP contribution is -2.26. The number of nitrogens with one attached hydrogen (secondary N) is 1. The van der Waals surface area contributed by atoms with Crippen molar-refractivity contribution in [1.29, 1.82) is 0 Å². The topological polar surface area (TPSA) is 60.3 Å². The molecule has 3 aromatic rings. The summed E-state index contributed by atoms with van der Waals surface area (Å²) in [6, 6.07) is 16.3. The first-order chi connectivity index (χ1) is 11.8. The van der Waals surface area contributed by atoms with Crippen molar-refractivity contribution in [3.8, 4) is 0 Å². The number of hydrogen-bond donors (Lipinski definition) is 1. The summed E-state index contributed by atoms with van der Waals surface area (Å²) in [7, 11) is 0. The lowest BCUT2D eigenvalue weighted by Gasteiger charge is -2.19. The third-order valence-corrected chi connectivity index (χ3v) is 3.58. The number of anilines is 1. The van der Waals surface area contributed by atoms with E-state index in [0.717, 1.165) is 11.1 Å². The molecule has 25 heavy (non-hydrogen) atoms. The van der Waals surface area contributed by atoms with Crippen LogP contribution < -0.4 is 5.32 Å². The van der Waals surface area contributed by atoms with Crippen LogP contribution in [0, 0.1) is 0 Å². The molecule has 0 saturated carbocycles. The Kier molecular flexibility index (Phi) is 4.31. The van der Waals surface area contributed by atoms with Gasteiger partial charge < -0.3 is 10.1 Å². The Hall–Kier alpha value is -3.08. The molecule has 0 bridgehead atoms. The number of para-hydroxylation sites is 1. The molecule has 128 valence electrons. The van der Waals surface area contributed by atoms with Crippen LogP contribution >= 0.6 is 0 Å². The number of aromatic nitrogens is 1. The molecule has 2 aromatic carbocycles. The number of benzene rings is 2. The second kappa shape index (κ2) is 6.43. The van der Waals surface area contributed by atoms with Gasteiger partial charge in [-0.2, -0.15) is 0 Å². The van der Waals surface area contributed by atoms with Crippen molar-refractivity contribution in [1.82, 2.24) is 4.57 Å². The summed E-state index contributed by atoms with van der Waals surface area (Å²) >= 11 is 0. The molecular weight excluding hydrogens is 316 g/mol. The van der Waals surface area contributed by atoms with E-state index in [0.29, 0.717) is 11.1 Å². The van der Waals surface area contributed by atoms with Gasteiger partial charge in [0.25, 0.3) is 5.91 Å². The minimum atomic E-state index is -0.587. The SMILES string of the molecule is CC(C)(C)OC(=O)n1ccc2ccc(C(=O)Nc3ccccc3)cc21. The highest BCUT2D eigenvalue weighted by Gasteiger charge is 2.19. The van der Waals surface area contributed by atoms with E-state index in [1.807, 2.05) is 63.2 Å². The van der Waals surface area contributed by atoms with Crippen LogP contribution in [0.1, 0.15) is 31.1 Å². The molecule has 0 atom stereocenters. The summed E-state index contributed by atoms with van der Waals surface area (Å²) in [5.41, 5.74) is 1.24. The number of carbonyl (C=O) groups is 2. The molecule has 1 aromatic heterocycles. The molecule has 0 fully saturated rings. The number of amides is 1. The van der Waals surface area contributed by atoms with Gasteiger partial charge in [-0.1, -0.05) is 24.3 Å². The highest BCUT2D eigenvalue weighted by Crippen LogP contribution is 2.20. The van der Waals surface area contributed by atoms with Crippen LogP contribution in [-0.4, -0.2) is 22.2 Å². The first-order valence-electron chi connectivity index (χ1n) is 8.04. The smallest absolute Gasteiger partial charge is 0.418 e. The Bertz CT molecular complexity index is 921. The minimum absolute atomic E-state index is 0.231. The minimum Gasteiger partial charge on any atom is -0.443 e. The van der Waals surface area contributed by atoms with Crippen LogP contribution in [0.3, 0.4) is 0 Å². The van der Waals surface area contributed by atoms with Crippen LogP contribution in [0.4, 0.5) is 10.5 Å². The van der Waals surface area contributed by atoms with E-state index < -0.39 is 11.7 Å². The molecule has 1 amide bonds. The average molecular weight is 336 g/mol. The Morgan fingerprint density at radius 1 is 1.00 bits per heavy atom. The number of rotatable bonds is 2. The predicted molar refractivity (Wildman–Crippen MR) is 98.0 cm³/mol. The van der Waals surface area contributed by atoms with Crippen molar-refractivity contribution in [2.24, 2.45) is 0 Å². The number of fused-ring (bicyclic) bond motifs is 1. The molecule has 0 unspecified atom stereocenters. The van der Waals surface area contributed by atoms with Gasteiger partial charge in [0.05, 0.1) is 5.52 Å². The molecule has 1 N–H and O–H groups in total. The van der Waals surface area contributed by atoms with Crippen molar-refractivity contribution in [2.75, 3.05) is 5.32 Å². The second-order valence-electron chi connectivity index (χ2n) is 6.76. The van der Waals surface area contributed by atoms with Gasteiger partial charge in [-0.3, -0.25) is 9.36 Å². The van der Waals surface area contributed by atoms with Gasteiger partial charge in [-0.05, 0) is 51.1 Å². The molecule has 0 spiro atoms. The second-order valence-corrected chi connectivity index (χ2v) is 6.76. The average Bonchev–Trinajstić information content (AvgIpc) is 2.97. The zero-order valence-electron chi connectivity index (χ0n) is 14.4. The summed E-state index contributed by atoms with van der Waals surface area (Å²) < 4.78 is 6.83. The maximum absolute atomic E-state index is 12.5. The zero-order valence-corrected chi connectivity index (χ0v) is 14.4. The van der Waals surface area contributed by atoms with Crippen LogP contribution in [0.5, 0.6) is 0 Å². The fraction of sp³-hybridized carbons (Fsp3) is 0.200. The van der Waals surface area contributed by atoms with Gasteiger partial charge >= 0.3 is 6.09 Å². The maximum atomic E-state index is 12.5. The number of nitrogens with zero attached hydrogens (tertiary/aromatic N) is 1. The van der Waals surface area contributed by atoms with E-state index in [9.17, 15) is 9.59 Å². The molecular formula is C20H20N2O3. The Morgan fingerprint density at radius 3 is 2.40 bits per heavy atom. The molecule has 0 radical (unpaired) electrons. The van der Waals surface area contributed by atoms with Gasteiger partial charge in [-0.25, -0.2) is 4.79 Å². The molecule has 0 aliphatic carbocycles. The molecule has 0 aliphatic heterocycles. The third-order valence-electron chi connectivity index (χ3n) is 3.58. The van der Waals surface area contributed by atoms with Crippen LogP contribution in [0.25, 0.3) is 10.9 Å². The molecule has 5 nitrogen and oxygen atoms in total. The lowest BCUT2D eigenvalue weighted by atomic mass is 10.1. The van der Waals surface area contributed by atoms with E-state index in [1.54, 1.807) is 18.3 Å². The van der Waals surface area contributed by atoms with Gasteiger partial charge in [-0.15, -0.1) is 0 Å². The van der Waals surface area contributed by atoms with Crippen molar-refractivity contribution in [3.05, 3.63) is 66.4 Å². The summed E-state index contributed by atoms with van der Waals surface area (Å²) in [6.45, 7) is 5.44. The quantitative estimate of drug-likeness (QED) is 0.739. The molecule has 0 saturated heterocycles. The number of hydrogen-bond acceptors (Lipinski definition) is 3. The van der Waals surface area contributed by atoms with Gasteiger partial charge in [0.2, 0.25) is 0 Å². The molecule has 1 heterocycles. The lowest BCUT2D eigenvalue weighted by molar-refractivity contribution is 0.0544. The van der Waals surface area contributed by atoms with Crippen LogP contribution in [0.2, 0.25) is 0 Å². The highest BCUT2D eigenvalue weighted by molar-refractivity contribution is 6.06. The monoisotopic (exact) mass is 336 g/mol. The summed E-state index contributed by atoms with van der Waals surface area (Å²) in [5, 5.41) is 3.70. The first-order valence-corrected chi connectivity index (χ1v) is 8.04. The standard InChI is InChI=1S/C20H20N2O3/c1-20(2,3)25-19(24)22-12-11-14-9-10-15(13-17(14)22)18(23)21-16-7-5-4-6-8-16/h4-13H,1-3H3,(H,21,23). The fourth-order valence-corrected chi connectivity index (χ4v) is 2.46. The van der Waals surface area contributed by atoms with Crippen molar-refractivity contribution in [3.63, 3.8) is 0 Å². The van der Waals surface area contributed by atoms with E-state index in [-0.39, 0.29) is 5.91 Å². The van der Waals surface area contributed by atoms with E-state index in [4.69, 9.17) is 4.74 Å². The Morgan fingerprint density at radius 2 is 1.72 bits per heavy atom. The number of ether oxygens (including phenoxy) is 1. The van der Waals surface area contributed by atoms with E-state index in [2.05, 4.69) is 5.32 Å². The normalized spacial score (nSPS) is 11.3. The molecule has 0 aliphatic rings. The van der Waals surface area contributed by atoms with E-state index in [1.165, 1.54) is 4.57 Å². The predicted octanol–water partition coefficient (Wildman–Crippen LogP) is 4.68. The van der Waals surface area contributed by atoms with Crippen LogP contribution in [0.15, 0.2) is 60.8 Å². The Labute approximate surface area is 146 Å². The highest BCUT2D eigenvalue weighted by atomic mass is 16.6. The summed E-state index contributed by atoms with van der Waals surface area (Å²) in [6.07, 6.45) is 1.18. The maximum Gasteiger partial charge on any atom is 0.418 e. The zero-order chi connectivity index (χ0) is 18.0. The summed E-state index contributed by atoms with van der Waals surface area (Å²) in [5.74, 6) is -0.231. The van der Waals surface area contributed by atoms with Crippen LogP contribution in [-0.2, 0) is 4.74 Å². The van der Waals surface area contributed by atoms with Gasteiger partial charge in [0.15, 0.2) is 0 Å². The van der Waals surface area contributed by atoms with Crippen molar-refractivity contribution in [2.45, 2.75) is 26.4 Å². The van der Waals surface area contributed by atoms with E-state index >= 15 is 0 Å². The molecule has 5 heteroatoms. The third kappa shape index (κ3) is 3.88. The van der Waals surface area contributed by atoms with Gasteiger partial charge in [0.1, 0.15) is 5.60 Å². The fourth-order valence-electron chi connectivity index (χ4n) is 2.46. The largest absolute Gasteiger partial charge is 0.443 e. The van der Waals surface area contributed by atoms with Crippen molar-refractivity contribution >= 4 is 28.6 Å². The van der Waals surface area contributed by atoms with Crippen molar-refractivity contribution < 1.29 is 14.3 Å².